The molecule has 0 bridgehead atoms. The largest absolute Gasteiger partial charge is 0.323 e. The normalized spacial score (nSPS) is 11.2. The molecule has 1 aromatic carbocycles. The Morgan fingerprint density at radius 3 is 2.38 bits per heavy atom. The smallest absolute Gasteiger partial charge is 0.0641 e. The van der Waals surface area contributed by atoms with E-state index in [9.17, 15) is 0 Å². The van der Waals surface area contributed by atoms with Crippen LogP contribution in [0.25, 0.3) is 0 Å². The molecule has 2 N–H and O–H groups in total. The second kappa shape index (κ2) is 5.58. The number of nitriles is 1. The molecule has 70 valence electrons. The van der Waals surface area contributed by atoms with Crippen LogP contribution < -0.4 is 5.73 Å². The van der Waals surface area contributed by atoms with Crippen LogP contribution in [0.3, 0.4) is 0 Å². The molecule has 0 aliphatic heterocycles. The Balaban J connectivity index is 0.00000144. The van der Waals surface area contributed by atoms with Gasteiger partial charge in [0.2, 0.25) is 0 Å². The maximum Gasteiger partial charge on any atom is 0.0641 e. The number of benzene rings is 1. The Kier molecular flexibility index (Phi) is 5.13. The highest BCUT2D eigenvalue weighted by atomic mass is 35.5. The average Bonchev–Trinajstić information content (AvgIpc) is 2.06. The van der Waals surface area contributed by atoms with Gasteiger partial charge >= 0.3 is 0 Å². The minimum Gasteiger partial charge on any atom is -0.323 e. The highest BCUT2D eigenvalue weighted by Crippen LogP contribution is 2.13. The minimum absolute atomic E-state index is 0. The Bertz CT molecular complexity index is 287. The molecule has 0 radical (unpaired) electrons. The molecule has 1 aromatic rings. The second-order valence-electron chi connectivity index (χ2n) is 2.88. The maximum absolute atomic E-state index is 8.42. The molecule has 1 atom stereocenters. The SMILES string of the molecule is Cc1ccc([C@@H](N)CC#N)cc1.Cl. The highest BCUT2D eigenvalue weighted by molar-refractivity contribution is 5.85. The number of hydrogen-bond donors (Lipinski definition) is 1. The highest BCUT2D eigenvalue weighted by Gasteiger charge is 2.03. The van der Waals surface area contributed by atoms with Gasteiger partial charge in [-0.05, 0) is 12.5 Å². The molecule has 3 heteroatoms. The van der Waals surface area contributed by atoms with E-state index >= 15 is 0 Å². The zero-order valence-corrected chi connectivity index (χ0v) is 8.34. The van der Waals surface area contributed by atoms with Crippen molar-refractivity contribution in [2.24, 2.45) is 5.73 Å². The lowest BCUT2D eigenvalue weighted by Gasteiger charge is -2.06. The van der Waals surface area contributed by atoms with Gasteiger partial charge in [-0.3, -0.25) is 0 Å². The number of nitrogens with zero attached hydrogens (tertiary/aromatic N) is 1. The summed E-state index contributed by atoms with van der Waals surface area (Å²) in [5.41, 5.74) is 7.97. The molecule has 0 spiro atoms. The average molecular weight is 197 g/mol. The molecule has 1 rings (SSSR count). The van der Waals surface area contributed by atoms with Gasteiger partial charge in [0, 0.05) is 6.04 Å². The summed E-state index contributed by atoms with van der Waals surface area (Å²) in [6.45, 7) is 2.03. The number of nitrogens with two attached hydrogens (primary N) is 1. The molecular weight excluding hydrogens is 184 g/mol. The first-order valence-corrected chi connectivity index (χ1v) is 3.93. The molecule has 0 amide bonds. The third-order valence-corrected chi connectivity index (χ3v) is 1.82. The van der Waals surface area contributed by atoms with Crippen LogP contribution in [0.2, 0.25) is 0 Å². The summed E-state index contributed by atoms with van der Waals surface area (Å²) in [6.07, 6.45) is 0.378. The quantitative estimate of drug-likeness (QED) is 0.790. The first-order valence-electron chi connectivity index (χ1n) is 3.93. The lowest BCUT2D eigenvalue weighted by atomic mass is 10.0. The lowest BCUT2D eigenvalue weighted by molar-refractivity contribution is 0.748. The molecule has 0 unspecified atom stereocenters. The maximum atomic E-state index is 8.42. The molecule has 0 aliphatic rings. The topological polar surface area (TPSA) is 49.8 Å². The van der Waals surface area contributed by atoms with E-state index in [1.54, 1.807) is 0 Å². The fraction of sp³-hybridized carbons (Fsp3) is 0.300. The van der Waals surface area contributed by atoms with Gasteiger partial charge in [-0.25, -0.2) is 0 Å². The van der Waals surface area contributed by atoms with Crippen molar-refractivity contribution in [2.45, 2.75) is 19.4 Å². The van der Waals surface area contributed by atoms with Crippen LogP contribution >= 0.6 is 12.4 Å². The summed E-state index contributed by atoms with van der Waals surface area (Å²) < 4.78 is 0. The summed E-state index contributed by atoms with van der Waals surface area (Å²) in [6, 6.07) is 9.86. The number of halogens is 1. The van der Waals surface area contributed by atoms with Crippen molar-refractivity contribution in [3.8, 4) is 6.07 Å². The second-order valence-corrected chi connectivity index (χ2v) is 2.88. The van der Waals surface area contributed by atoms with E-state index in [0.717, 1.165) is 5.56 Å². The summed E-state index contributed by atoms with van der Waals surface area (Å²) in [5.74, 6) is 0. The van der Waals surface area contributed by atoms with Crippen LogP contribution in [-0.2, 0) is 0 Å². The van der Waals surface area contributed by atoms with E-state index in [2.05, 4.69) is 6.07 Å². The molecule has 0 heterocycles. The minimum atomic E-state index is -0.143. The van der Waals surface area contributed by atoms with Crippen molar-refractivity contribution in [3.05, 3.63) is 35.4 Å². The Hall–Kier alpha value is -1.04. The van der Waals surface area contributed by atoms with Crippen molar-refractivity contribution in [3.63, 3.8) is 0 Å². The number of hydrogen-bond acceptors (Lipinski definition) is 2. The molecule has 0 fully saturated rings. The number of aryl methyl sites for hydroxylation is 1. The third kappa shape index (κ3) is 3.45. The van der Waals surface area contributed by atoms with Crippen LogP contribution in [0.5, 0.6) is 0 Å². The molecular formula is C10H13ClN2. The summed E-state index contributed by atoms with van der Waals surface area (Å²) >= 11 is 0. The summed E-state index contributed by atoms with van der Waals surface area (Å²) in [5, 5.41) is 8.42. The van der Waals surface area contributed by atoms with Crippen LogP contribution in [-0.4, -0.2) is 0 Å². The van der Waals surface area contributed by atoms with Crippen LogP contribution in [0.4, 0.5) is 0 Å². The van der Waals surface area contributed by atoms with Gasteiger partial charge < -0.3 is 5.73 Å². The zero-order valence-electron chi connectivity index (χ0n) is 7.53. The van der Waals surface area contributed by atoms with Gasteiger partial charge in [-0.1, -0.05) is 29.8 Å². The van der Waals surface area contributed by atoms with Crippen molar-refractivity contribution in [1.29, 1.82) is 5.26 Å². The predicted molar refractivity (Wildman–Crippen MR) is 55.6 cm³/mol. The fourth-order valence-corrected chi connectivity index (χ4v) is 1.03. The lowest BCUT2D eigenvalue weighted by Crippen LogP contribution is -2.08. The van der Waals surface area contributed by atoms with E-state index in [-0.39, 0.29) is 18.4 Å². The van der Waals surface area contributed by atoms with Gasteiger partial charge in [-0.15, -0.1) is 12.4 Å². The number of rotatable bonds is 2. The van der Waals surface area contributed by atoms with Crippen LogP contribution in [0, 0.1) is 18.3 Å². The molecule has 0 aromatic heterocycles. The summed E-state index contributed by atoms with van der Waals surface area (Å²) in [4.78, 5) is 0. The summed E-state index contributed by atoms with van der Waals surface area (Å²) in [7, 11) is 0. The van der Waals surface area contributed by atoms with Gasteiger partial charge in [-0.2, -0.15) is 5.26 Å². The Labute approximate surface area is 84.8 Å². The van der Waals surface area contributed by atoms with Crippen LogP contribution in [0.15, 0.2) is 24.3 Å². The third-order valence-electron chi connectivity index (χ3n) is 1.82. The molecule has 2 nitrogen and oxygen atoms in total. The van der Waals surface area contributed by atoms with Crippen molar-refractivity contribution < 1.29 is 0 Å². The van der Waals surface area contributed by atoms with Crippen molar-refractivity contribution >= 4 is 12.4 Å². The monoisotopic (exact) mass is 196 g/mol. The van der Waals surface area contributed by atoms with E-state index in [4.69, 9.17) is 11.0 Å². The first kappa shape index (κ1) is 12.0. The zero-order chi connectivity index (χ0) is 8.97. The Morgan fingerprint density at radius 1 is 1.38 bits per heavy atom. The van der Waals surface area contributed by atoms with Crippen molar-refractivity contribution in [2.75, 3.05) is 0 Å². The van der Waals surface area contributed by atoms with Gasteiger partial charge in [0.05, 0.1) is 12.5 Å². The Morgan fingerprint density at radius 2 is 1.92 bits per heavy atom. The van der Waals surface area contributed by atoms with Gasteiger partial charge in [0.1, 0.15) is 0 Å². The van der Waals surface area contributed by atoms with E-state index < -0.39 is 0 Å². The van der Waals surface area contributed by atoms with E-state index in [1.165, 1.54) is 5.56 Å². The van der Waals surface area contributed by atoms with E-state index in [1.807, 2.05) is 31.2 Å². The fourth-order valence-electron chi connectivity index (χ4n) is 1.03. The van der Waals surface area contributed by atoms with Gasteiger partial charge in [0.25, 0.3) is 0 Å². The standard InChI is InChI=1S/C10H12N2.ClH/c1-8-2-4-9(5-3-8)10(12)6-7-11;/h2-5,10H,6,12H2,1H3;1H/t10-;/m0./s1. The molecule has 0 saturated heterocycles. The molecule has 0 saturated carbocycles. The molecule has 13 heavy (non-hydrogen) atoms. The predicted octanol–water partition coefficient (Wildman–Crippen LogP) is 2.33. The first-order chi connectivity index (χ1) is 5.74. The van der Waals surface area contributed by atoms with Crippen LogP contribution in [0.1, 0.15) is 23.6 Å². The van der Waals surface area contributed by atoms with Crippen molar-refractivity contribution in [1.82, 2.24) is 0 Å². The van der Waals surface area contributed by atoms with Gasteiger partial charge in [0.15, 0.2) is 0 Å². The molecule has 0 aliphatic carbocycles. The van der Waals surface area contributed by atoms with E-state index in [0.29, 0.717) is 6.42 Å².